The van der Waals surface area contributed by atoms with Gasteiger partial charge in [0.25, 0.3) is 11.1 Å². The van der Waals surface area contributed by atoms with Gasteiger partial charge in [0.15, 0.2) is 22.3 Å². The van der Waals surface area contributed by atoms with Crippen LogP contribution in [0.15, 0.2) is 19.2 Å². The minimum Gasteiger partial charge on any atom is -1.00 e. The van der Waals surface area contributed by atoms with Gasteiger partial charge < -0.3 is 1.43 Å². The Morgan fingerprint density at radius 2 is 1.05 bits per heavy atom. The summed E-state index contributed by atoms with van der Waals surface area (Å²) in [6.07, 6.45) is 0. The number of nitrogens with one attached hydrogen (secondary N) is 4. The van der Waals surface area contributed by atoms with Crippen molar-refractivity contribution in [2.24, 2.45) is 0 Å². The van der Waals surface area contributed by atoms with Crippen molar-refractivity contribution in [2.75, 3.05) is 0 Å². The number of rotatable bonds is 0. The summed E-state index contributed by atoms with van der Waals surface area (Å²) in [6, 6.07) is 0. The van der Waals surface area contributed by atoms with E-state index in [2.05, 4.69) is 19.9 Å². The molecule has 11 heteroatoms. The Morgan fingerprint density at radius 1 is 0.684 bits per heavy atom. The monoisotopic (exact) mass is 288 g/mol. The molecule has 19 heavy (non-hydrogen) atoms. The van der Waals surface area contributed by atoms with Gasteiger partial charge in [-0.25, -0.2) is 19.6 Å². The molecule has 0 saturated carbocycles. The molecule has 0 aliphatic heterocycles. The molecule has 0 saturated heterocycles. The Hall–Kier alpha value is -1.40. The first-order chi connectivity index (χ1) is 8.54. The Labute approximate surface area is 145 Å². The molecule has 3 aromatic rings. The molecule has 0 fully saturated rings. The van der Waals surface area contributed by atoms with Gasteiger partial charge in [-0.05, 0) is 0 Å². The molecule has 3 heterocycles. The number of hydrogen-bond donors (Lipinski definition) is 4. The fourth-order valence-electron chi connectivity index (χ4n) is 1.53. The molecular formula is C8H5KN6O4. The van der Waals surface area contributed by atoms with Crippen molar-refractivity contribution in [2.45, 2.75) is 0 Å². The topological polar surface area (TPSA) is 157 Å². The van der Waals surface area contributed by atoms with Crippen molar-refractivity contribution in [1.82, 2.24) is 29.9 Å². The zero-order valence-electron chi connectivity index (χ0n) is 10.5. The van der Waals surface area contributed by atoms with Crippen molar-refractivity contribution in [3.8, 4) is 0 Å². The van der Waals surface area contributed by atoms with E-state index < -0.39 is 22.5 Å². The van der Waals surface area contributed by atoms with Crippen molar-refractivity contribution < 1.29 is 52.8 Å². The van der Waals surface area contributed by atoms with Gasteiger partial charge in [0.1, 0.15) is 0 Å². The van der Waals surface area contributed by atoms with Crippen LogP contribution in [0.25, 0.3) is 22.3 Å². The first-order valence-electron chi connectivity index (χ1n) is 4.71. The third-order valence-electron chi connectivity index (χ3n) is 2.24. The van der Waals surface area contributed by atoms with E-state index in [0.717, 1.165) is 0 Å². The maximum absolute atomic E-state index is 11.5. The number of aromatic nitrogens is 6. The number of nitrogens with zero attached hydrogens (tertiary/aromatic N) is 2. The molecule has 0 unspecified atom stereocenters. The van der Waals surface area contributed by atoms with E-state index in [1.54, 1.807) is 0 Å². The first-order valence-corrected chi connectivity index (χ1v) is 4.71. The summed E-state index contributed by atoms with van der Waals surface area (Å²) in [6.45, 7) is 0. The maximum Gasteiger partial charge on any atom is 1.00 e. The van der Waals surface area contributed by atoms with E-state index in [-0.39, 0.29) is 75.1 Å². The van der Waals surface area contributed by atoms with E-state index in [9.17, 15) is 19.2 Å². The minimum absolute atomic E-state index is 0. The van der Waals surface area contributed by atoms with Gasteiger partial charge >= 0.3 is 62.8 Å². The van der Waals surface area contributed by atoms with Crippen molar-refractivity contribution in [1.29, 1.82) is 0 Å². The Kier molecular flexibility index (Phi) is 3.64. The van der Waals surface area contributed by atoms with Crippen LogP contribution >= 0.6 is 0 Å². The summed E-state index contributed by atoms with van der Waals surface area (Å²) >= 11 is 0. The molecule has 0 radical (unpaired) electrons. The van der Waals surface area contributed by atoms with Crippen LogP contribution in [0.1, 0.15) is 1.43 Å². The molecule has 0 aromatic carbocycles. The van der Waals surface area contributed by atoms with Crippen LogP contribution in [0.3, 0.4) is 0 Å². The van der Waals surface area contributed by atoms with Crippen LogP contribution in [0.4, 0.5) is 0 Å². The smallest absolute Gasteiger partial charge is 1.00 e. The zero-order chi connectivity index (χ0) is 12.9. The number of fused-ring (bicyclic) bond motifs is 2. The van der Waals surface area contributed by atoms with Crippen LogP contribution in [0, 0.1) is 0 Å². The predicted octanol–water partition coefficient (Wildman–Crippen LogP) is -5.35. The molecule has 0 atom stereocenters. The Balaban J connectivity index is 0.000001000. The van der Waals surface area contributed by atoms with Gasteiger partial charge in [0, 0.05) is 0 Å². The third kappa shape index (κ3) is 2.37. The van der Waals surface area contributed by atoms with Crippen molar-refractivity contribution in [3.63, 3.8) is 0 Å². The molecule has 0 aliphatic rings. The molecule has 0 amide bonds. The van der Waals surface area contributed by atoms with Gasteiger partial charge in [-0.2, -0.15) is 0 Å². The predicted molar refractivity (Wildman–Crippen MR) is 60.6 cm³/mol. The Bertz CT molecular complexity index is 934. The number of hydrogen-bond acceptors (Lipinski definition) is 6. The second kappa shape index (κ2) is 4.94. The zero-order valence-corrected chi connectivity index (χ0v) is 12.7. The fourth-order valence-corrected chi connectivity index (χ4v) is 1.53. The van der Waals surface area contributed by atoms with Crippen molar-refractivity contribution in [3.05, 3.63) is 41.7 Å². The van der Waals surface area contributed by atoms with Gasteiger partial charge in [-0.15, -0.1) is 0 Å². The van der Waals surface area contributed by atoms with Gasteiger partial charge in [0.05, 0.1) is 0 Å². The SMILES string of the molecule is O=c1[nH]c(=O)c2nc3[nH]c(=O)[nH]c(=O)c3nc2[nH]1.[H-].[K+]. The molecule has 0 aliphatic carbocycles. The average molecular weight is 288 g/mol. The molecule has 92 valence electrons. The second-order valence-electron chi connectivity index (χ2n) is 3.43. The van der Waals surface area contributed by atoms with Crippen LogP contribution in [-0.4, -0.2) is 29.9 Å². The molecule has 3 aromatic heterocycles. The standard InChI is InChI=1S/C8H4N6O4.K.H/c15-5-1-3(11-7(17)13-5)10-2-4(9-1)12-8(18)14-6(2)16;;/h(H2,9,12,14,16,18)(H2,10,11,13,15,17);;/q;+1;-1. The second-order valence-corrected chi connectivity index (χ2v) is 3.43. The normalized spacial score (nSPS) is 10.5. The summed E-state index contributed by atoms with van der Waals surface area (Å²) in [5.74, 6) is 0. The summed E-state index contributed by atoms with van der Waals surface area (Å²) < 4.78 is 0. The van der Waals surface area contributed by atoms with E-state index in [1.165, 1.54) is 0 Å². The van der Waals surface area contributed by atoms with E-state index in [4.69, 9.17) is 0 Å². The summed E-state index contributed by atoms with van der Waals surface area (Å²) in [5, 5.41) is 0. The molecule has 10 nitrogen and oxygen atoms in total. The molecule has 4 N–H and O–H groups in total. The van der Waals surface area contributed by atoms with Gasteiger partial charge in [-0.1, -0.05) is 0 Å². The van der Waals surface area contributed by atoms with Crippen LogP contribution in [-0.2, 0) is 0 Å². The first kappa shape index (κ1) is 14.0. The molecule has 3 rings (SSSR count). The molecular weight excluding hydrogens is 283 g/mol. The summed E-state index contributed by atoms with van der Waals surface area (Å²) in [5.41, 5.74) is -3.66. The Morgan fingerprint density at radius 3 is 1.42 bits per heavy atom. The van der Waals surface area contributed by atoms with E-state index >= 15 is 0 Å². The average Bonchev–Trinajstić information content (AvgIpc) is 2.27. The largest absolute Gasteiger partial charge is 1.00 e. The third-order valence-corrected chi connectivity index (χ3v) is 2.24. The molecule has 0 bridgehead atoms. The minimum atomic E-state index is -0.762. The van der Waals surface area contributed by atoms with E-state index in [1.807, 2.05) is 9.97 Å². The molecule has 0 spiro atoms. The number of aromatic amines is 4. The maximum atomic E-state index is 11.5. The quantitative estimate of drug-likeness (QED) is 0.239. The summed E-state index contributed by atoms with van der Waals surface area (Å²) in [4.78, 5) is 61.0. The fraction of sp³-hybridized carbons (Fsp3) is 0. The van der Waals surface area contributed by atoms with Crippen LogP contribution < -0.4 is 73.9 Å². The van der Waals surface area contributed by atoms with Crippen LogP contribution in [0.2, 0.25) is 0 Å². The number of H-pyrrole nitrogens is 4. The van der Waals surface area contributed by atoms with E-state index in [0.29, 0.717) is 0 Å². The summed E-state index contributed by atoms with van der Waals surface area (Å²) in [7, 11) is 0. The van der Waals surface area contributed by atoms with Gasteiger partial charge in [-0.3, -0.25) is 29.5 Å². The van der Waals surface area contributed by atoms with Crippen molar-refractivity contribution >= 4 is 22.3 Å². The van der Waals surface area contributed by atoms with Crippen LogP contribution in [0.5, 0.6) is 0 Å². The van der Waals surface area contributed by atoms with Gasteiger partial charge in [0.2, 0.25) is 0 Å².